The van der Waals surface area contributed by atoms with Gasteiger partial charge in [0.15, 0.2) is 0 Å². The average Bonchev–Trinajstić information content (AvgIpc) is 3.04. The smallest absolute Gasteiger partial charge is 0.427 e. The molecule has 0 unspecified atom stereocenters. The number of hydrogen-bond donors (Lipinski definition) is 1. The van der Waals surface area contributed by atoms with E-state index < -0.39 is 6.09 Å². The van der Waals surface area contributed by atoms with E-state index in [0.29, 0.717) is 6.61 Å². The summed E-state index contributed by atoms with van der Waals surface area (Å²) in [6.07, 6.45) is 3.93. The number of hydrazone groups is 1. The van der Waals surface area contributed by atoms with E-state index in [9.17, 15) is 4.79 Å². The van der Waals surface area contributed by atoms with Crippen molar-refractivity contribution in [2.45, 2.75) is 13.0 Å². The molecule has 26 heavy (non-hydrogen) atoms. The highest BCUT2D eigenvalue weighted by molar-refractivity contribution is 5.99. The van der Waals surface area contributed by atoms with Crippen LogP contribution in [0.5, 0.6) is 5.75 Å². The van der Waals surface area contributed by atoms with Gasteiger partial charge in [-0.3, -0.25) is 0 Å². The van der Waals surface area contributed by atoms with Crippen LogP contribution in [0.15, 0.2) is 65.9 Å². The Hall–Kier alpha value is -3.28. The first-order valence-electron chi connectivity index (χ1n) is 8.40. The minimum atomic E-state index is -0.594. The highest BCUT2D eigenvalue weighted by atomic mass is 16.5. The zero-order valence-corrected chi connectivity index (χ0v) is 14.6. The Labute approximate surface area is 152 Å². The average molecular weight is 351 g/mol. The van der Waals surface area contributed by atoms with Crippen LogP contribution in [0, 0.1) is 0 Å². The van der Waals surface area contributed by atoms with Crippen LogP contribution in [-0.2, 0) is 11.3 Å². The first kappa shape index (κ1) is 17.5. The number of para-hydroxylation sites is 2. The monoisotopic (exact) mass is 351 g/mol. The number of methoxy groups -OCH3 is 1. The van der Waals surface area contributed by atoms with Crippen LogP contribution in [0.1, 0.15) is 12.0 Å². The molecule has 1 amide bonds. The second kappa shape index (κ2) is 8.71. The standard InChI is InChI=1S/C20H21N3O3/c1-25-20(24)22-21-14-16-15-23(19-11-6-5-10-18(16)19)12-7-13-26-17-8-3-2-4-9-17/h2-6,8-11,14-15H,7,12-13H2,1H3,(H,22,24). The van der Waals surface area contributed by atoms with E-state index in [1.54, 1.807) is 6.21 Å². The number of carbonyl (C=O) groups is 1. The van der Waals surface area contributed by atoms with Crippen molar-refractivity contribution in [1.82, 2.24) is 9.99 Å². The van der Waals surface area contributed by atoms with Crippen molar-refractivity contribution in [2.24, 2.45) is 5.10 Å². The molecule has 0 aliphatic heterocycles. The first-order valence-corrected chi connectivity index (χ1v) is 8.40. The Kier molecular flexibility index (Phi) is 5.88. The molecule has 2 aromatic carbocycles. The maximum absolute atomic E-state index is 11.1. The van der Waals surface area contributed by atoms with Crippen molar-refractivity contribution < 1.29 is 14.3 Å². The number of nitrogens with zero attached hydrogens (tertiary/aromatic N) is 2. The van der Waals surface area contributed by atoms with Crippen LogP contribution in [-0.4, -0.2) is 30.6 Å². The van der Waals surface area contributed by atoms with E-state index in [1.807, 2.05) is 54.7 Å². The van der Waals surface area contributed by atoms with Crippen molar-refractivity contribution in [3.8, 4) is 5.75 Å². The molecule has 0 fully saturated rings. The molecule has 0 atom stereocenters. The fourth-order valence-corrected chi connectivity index (χ4v) is 2.70. The molecule has 0 bridgehead atoms. The van der Waals surface area contributed by atoms with E-state index in [4.69, 9.17) is 4.74 Å². The molecule has 3 rings (SSSR count). The highest BCUT2D eigenvalue weighted by Gasteiger charge is 2.06. The molecule has 0 radical (unpaired) electrons. The molecule has 0 spiro atoms. The summed E-state index contributed by atoms with van der Waals surface area (Å²) in [5, 5.41) is 5.00. The van der Waals surface area contributed by atoms with Crippen molar-refractivity contribution in [2.75, 3.05) is 13.7 Å². The van der Waals surface area contributed by atoms with Crippen LogP contribution in [0.25, 0.3) is 10.9 Å². The molecule has 6 nitrogen and oxygen atoms in total. The fraction of sp³-hybridized carbons (Fsp3) is 0.200. The third-order valence-corrected chi connectivity index (χ3v) is 3.92. The summed E-state index contributed by atoms with van der Waals surface area (Å²) >= 11 is 0. The summed E-state index contributed by atoms with van der Waals surface area (Å²) in [6.45, 7) is 1.47. The zero-order valence-electron chi connectivity index (χ0n) is 14.6. The number of benzene rings is 2. The minimum absolute atomic E-state index is 0.594. The Morgan fingerprint density at radius 3 is 2.73 bits per heavy atom. The van der Waals surface area contributed by atoms with Crippen LogP contribution in [0.2, 0.25) is 0 Å². The molecule has 134 valence electrons. The molecule has 6 heteroatoms. The molecular formula is C20H21N3O3. The van der Waals surface area contributed by atoms with E-state index in [1.165, 1.54) is 7.11 Å². The second-order valence-electron chi connectivity index (χ2n) is 5.67. The molecule has 0 saturated heterocycles. The second-order valence-corrected chi connectivity index (χ2v) is 5.67. The van der Waals surface area contributed by atoms with Gasteiger partial charge in [-0.15, -0.1) is 0 Å². The van der Waals surface area contributed by atoms with Gasteiger partial charge in [0, 0.05) is 29.2 Å². The van der Waals surface area contributed by atoms with Gasteiger partial charge < -0.3 is 14.0 Å². The van der Waals surface area contributed by atoms with Crippen LogP contribution >= 0.6 is 0 Å². The summed E-state index contributed by atoms with van der Waals surface area (Å²) < 4.78 is 12.4. The largest absolute Gasteiger partial charge is 0.494 e. The van der Waals surface area contributed by atoms with E-state index in [-0.39, 0.29) is 0 Å². The van der Waals surface area contributed by atoms with Crippen molar-refractivity contribution in [1.29, 1.82) is 0 Å². The third kappa shape index (κ3) is 4.42. The van der Waals surface area contributed by atoms with E-state index in [2.05, 4.69) is 25.9 Å². The van der Waals surface area contributed by atoms with Gasteiger partial charge in [0.1, 0.15) is 5.75 Å². The summed E-state index contributed by atoms with van der Waals surface area (Å²) in [6, 6.07) is 17.9. The SMILES string of the molecule is COC(=O)NN=Cc1cn(CCCOc2ccccc2)c2ccccc12. The van der Waals surface area contributed by atoms with Gasteiger partial charge in [0.25, 0.3) is 0 Å². The maximum atomic E-state index is 11.1. The van der Waals surface area contributed by atoms with Crippen molar-refractivity contribution in [3.05, 3.63) is 66.4 Å². The number of hydrogen-bond acceptors (Lipinski definition) is 4. The molecule has 0 aliphatic carbocycles. The highest BCUT2D eigenvalue weighted by Crippen LogP contribution is 2.20. The van der Waals surface area contributed by atoms with Crippen molar-refractivity contribution in [3.63, 3.8) is 0 Å². The quantitative estimate of drug-likeness (QED) is 0.400. The third-order valence-electron chi connectivity index (χ3n) is 3.92. The van der Waals surface area contributed by atoms with Gasteiger partial charge in [-0.1, -0.05) is 36.4 Å². The predicted octanol–water partition coefficient (Wildman–Crippen LogP) is 3.80. The lowest BCUT2D eigenvalue weighted by Crippen LogP contribution is -2.16. The Morgan fingerprint density at radius 1 is 1.15 bits per heavy atom. The normalized spacial score (nSPS) is 11.0. The lowest BCUT2D eigenvalue weighted by atomic mass is 10.2. The van der Waals surface area contributed by atoms with Crippen LogP contribution in [0.3, 0.4) is 0 Å². The lowest BCUT2D eigenvalue weighted by Gasteiger charge is -2.07. The van der Waals surface area contributed by atoms with E-state index in [0.717, 1.165) is 35.2 Å². The summed E-state index contributed by atoms with van der Waals surface area (Å²) in [7, 11) is 1.30. The Morgan fingerprint density at radius 2 is 1.92 bits per heavy atom. The number of aromatic nitrogens is 1. The Bertz CT molecular complexity index is 888. The molecular weight excluding hydrogens is 330 g/mol. The molecule has 1 heterocycles. The number of rotatable bonds is 7. The summed E-state index contributed by atoms with van der Waals surface area (Å²) in [5.74, 6) is 0.881. The number of amides is 1. The number of fused-ring (bicyclic) bond motifs is 1. The number of nitrogens with one attached hydrogen (secondary N) is 1. The fourth-order valence-electron chi connectivity index (χ4n) is 2.70. The van der Waals surface area contributed by atoms with Crippen molar-refractivity contribution >= 4 is 23.2 Å². The predicted molar refractivity (Wildman–Crippen MR) is 102 cm³/mol. The van der Waals surface area contributed by atoms with E-state index >= 15 is 0 Å². The number of ether oxygens (including phenoxy) is 2. The number of aryl methyl sites for hydroxylation is 1. The summed E-state index contributed by atoms with van der Waals surface area (Å²) in [5.41, 5.74) is 4.35. The van der Waals surface area contributed by atoms with Gasteiger partial charge in [-0.05, 0) is 24.6 Å². The summed E-state index contributed by atoms with van der Waals surface area (Å²) in [4.78, 5) is 11.1. The molecule has 0 aliphatic rings. The Balaban J connectivity index is 1.65. The van der Waals surface area contributed by atoms with Gasteiger partial charge in [0.05, 0.1) is 19.9 Å². The van der Waals surface area contributed by atoms with Gasteiger partial charge in [-0.25, -0.2) is 10.2 Å². The molecule has 1 N–H and O–H groups in total. The minimum Gasteiger partial charge on any atom is -0.494 e. The van der Waals surface area contributed by atoms with Crippen LogP contribution in [0.4, 0.5) is 4.79 Å². The molecule has 3 aromatic rings. The van der Waals surface area contributed by atoms with Gasteiger partial charge in [0.2, 0.25) is 0 Å². The lowest BCUT2D eigenvalue weighted by molar-refractivity contribution is 0.171. The van der Waals surface area contributed by atoms with Crippen LogP contribution < -0.4 is 10.2 Å². The van der Waals surface area contributed by atoms with Gasteiger partial charge in [-0.2, -0.15) is 5.10 Å². The molecule has 0 saturated carbocycles. The molecule has 1 aromatic heterocycles. The van der Waals surface area contributed by atoms with Gasteiger partial charge >= 0.3 is 6.09 Å². The zero-order chi connectivity index (χ0) is 18.2. The number of carbonyl (C=O) groups excluding carboxylic acids is 1. The topological polar surface area (TPSA) is 64.8 Å². The maximum Gasteiger partial charge on any atom is 0.427 e. The first-order chi connectivity index (χ1) is 12.8.